The number of ether oxygens (including phenoxy) is 1. The van der Waals surface area contributed by atoms with Gasteiger partial charge in [-0.25, -0.2) is 14.0 Å². The molecule has 0 fully saturated rings. The average molecular weight is 358 g/mol. The van der Waals surface area contributed by atoms with Gasteiger partial charge < -0.3 is 20.7 Å². The van der Waals surface area contributed by atoms with Crippen molar-refractivity contribution in [1.29, 1.82) is 0 Å². The molecular weight excluding hydrogens is 339 g/mol. The molecule has 1 heterocycles. The first-order chi connectivity index (χ1) is 12.3. The number of benzene rings is 2. The Morgan fingerprint density at radius 2 is 2.12 bits per heavy atom. The van der Waals surface area contributed by atoms with Crippen LogP contribution < -0.4 is 15.8 Å². The van der Waals surface area contributed by atoms with Gasteiger partial charge in [-0.15, -0.1) is 0 Å². The molecule has 0 bridgehead atoms. The van der Waals surface area contributed by atoms with Crippen LogP contribution in [-0.4, -0.2) is 36.0 Å². The van der Waals surface area contributed by atoms with Gasteiger partial charge in [0.1, 0.15) is 5.75 Å². The second kappa shape index (κ2) is 6.91. The minimum absolute atomic E-state index is 0.0366. The number of nitrogens with one attached hydrogen (secondary N) is 1. The van der Waals surface area contributed by atoms with Crippen molar-refractivity contribution >= 4 is 23.5 Å². The Balaban J connectivity index is 1.77. The minimum atomic E-state index is -0.588. The highest BCUT2D eigenvalue weighted by molar-refractivity contribution is 5.89. The summed E-state index contributed by atoms with van der Waals surface area (Å²) in [4.78, 5) is 26.7. The summed E-state index contributed by atoms with van der Waals surface area (Å²) in [5.41, 5.74) is 7.20. The van der Waals surface area contributed by atoms with Crippen LogP contribution in [0.2, 0.25) is 0 Å². The predicted molar refractivity (Wildman–Crippen MR) is 95.2 cm³/mol. The molecule has 3 amide bonds. The molecule has 26 heavy (non-hydrogen) atoms. The van der Waals surface area contributed by atoms with Gasteiger partial charge in [-0.1, -0.05) is 18.2 Å². The Kier molecular flexibility index (Phi) is 4.66. The molecule has 7 nitrogen and oxygen atoms in total. The zero-order chi connectivity index (χ0) is 18.8. The number of anilines is 2. The highest BCUT2D eigenvalue weighted by Crippen LogP contribution is 2.30. The summed E-state index contributed by atoms with van der Waals surface area (Å²) in [7, 11) is 3.25. The zero-order valence-electron chi connectivity index (χ0n) is 14.5. The summed E-state index contributed by atoms with van der Waals surface area (Å²) < 4.78 is 19.4. The SMILES string of the molecule is CN(C)C(=O)Nc1ccc2c(c1)OC(=O)N(Cc1cccc(N)c1F)C2. The van der Waals surface area contributed by atoms with Crippen LogP contribution in [0.1, 0.15) is 11.1 Å². The fraction of sp³-hybridized carbons (Fsp3) is 0.222. The topological polar surface area (TPSA) is 87.9 Å². The van der Waals surface area contributed by atoms with Gasteiger partial charge in [0.15, 0.2) is 5.82 Å². The molecule has 0 radical (unpaired) electrons. The molecule has 3 N–H and O–H groups in total. The molecule has 2 aromatic rings. The molecule has 136 valence electrons. The van der Waals surface area contributed by atoms with Gasteiger partial charge in [0.25, 0.3) is 0 Å². The normalized spacial score (nSPS) is 13.0. The Hall–Kier alpha value is -3.29. The van der Waals surface area contributed by atoms with Crippen LogP contribution in [0, 0.1) is 5.82 Å². The highest BCUT2D eigenvalue weighted by Gasteiger charge is 2.26. The number of carbonyl (C=O) groups is 2. The quantitative estimate of drug-likeness (QED) is 0.826. The molecule has 0 atom stereocenters. The first kappa shape index (κ1) is 17.5. The van der Waals surface area contributed by atoms with E-state index in [1.165, 1.54) is 15.9 Å². The van der Waals surface area contributed by atoms with Crippen molar-refractivity contribution in [3.63, 3.8) is 0 Å². The van der Waals surface area contributed by atoms with Crippen LogP contribution in [0.25, 0.3) is 0 Å². The van der Waals surface area contributed by atoms with Crippen molar-refractivity contribution in [2.75, 3.05) is 25.1 Å². The van der Waals surface area contributed by atoms with Crippen molar-refractivity contribution in [1.82, 2.24) is 9.80 Å². The van der Waals surface area contributed by atoms with Gasteiger partial charge in [-0.05, 0) is 12.1 Å². The van der Waals surface area contributed by atoms with Gasteiger partial charge >= 0.3 is 12.1 Å². The maximum atomic E-state index is 14.1. The van der Waals surface area contributed by atoms with Crippen LogP contribution >= 0.6 is 0 Å². The lowest BCUT2D eigenvalue weighted by Gasteiger charge is -2.28. The lowest BCUT2D eigenvalue weighted by Crippen LogP contribution is -2.36. The summed E-state index contributed by atoms with van der Waals surface area (Å²) in [5, 5.41) is 2.69. The zero-order valence-corrected chi connectivity index (χ0v) is 14.5. The first-order valence-electron chi connectivity index (χ1n) is 7.96. The number of nitrogens with zero attached hydrogens (tertiary/aromatic N) is 2. The number of nitrogens with two attached hydrogens (primary N) is 1. The molecule has 0 saturated carbocycles. The van der Waals surface area contributed by atoms with Gasteiger partial charge in [0, 0.05) is 37.0 Å². The van der Waals surface area contributed by atoms with Gasteiger partial charge in [-0.2, -0.15) is 0 Å². The van der Waals surface area contributed by atoms with E-state index in [9.17, 15) is 14.0 Å². The van der Waals surface area contributed by atoms with Gasteiger partial charge in [0.2, 0.25) is 0 Å². The van der Waals surface area contributed by atoms with Crippen molar-refractivity contribution in [2.45, 2.75) is 13.1 Å². The molecule has 0 aromatic heterocycles. The maximum Gasteiger partial charge on any atom is 0.415 e. The minimum Gasteiger partial charge on any atom is -0.410 e. The van der Waals surface area contributed by atoms with Crippen LogP contribution in [0.4, 0.5) is 25.4 Å². The molecule has 2 aromatic carbocycles. The van der Waals surface area contributed by atoms with Gasteiger partial charge in [0.05, 0.1) is 18.8 Å². The van der Waals surface area contributed by atoms with Crippen LogP contribution in [0.15, 0.2) is 36.4 Å². The molecule has 0 saturated heterocycles. The third-order valence-electron chi connectivity index (χ3n) is 4.01. The van der Waals surface area contributed by atoms with Crippen LogP contribution in [0.5, 0.6) is 5.75 Å². The smallest absolute Gasteiger partial charge is 0.410 e. The lowest BCUT2D eigenvalue weighted by atomic mass is 10.1. The van der Waals surface area contributed by atoms with E-state index in [1.807, 2.05) is 0 Å². The Bertz CT molecular complexity index is 870. The van der Waals surface area contributed by atoms with Gasteiger partial charge in [-0.3, -0.25) is 4.90 Å². The number of carbonyl (C=O) groups excluding carboxylic acids is 2. The summed E-state index contributed by atoms with van der Waals surface area (Å²) in [5.74, 6) is -0.163. The number of urea groups is 1. The molecule has 8 heteroatoms. The molecule has 0 unspecified atom stereocenters. The maximum absolute atomic E-state index is 14.1. The van der Waals surface area contributed by atoms with Crippen molar-refractivity contribution in [3.05, 3.63) is 53.3 Å². The van der Waals surface area contributed by atoms with E-state index in [4.69, 9.17) is 10.5 Å². The number of nitrogen functional groups attached to an aromatic ring is 1. The molecule has 0 aliphatic carbocycles. The Morgan fingerprint density at radius 3 is 2.85 bits per heavy atom. The van der Waals surface area contributed by atoms with Crippen LogP contribution in [0.3, 0.4) is 0 Å². The standard InChI is InChI=1S/C18H19FN4O3/c1-22(2)17(24)21-13-7-6-11-9-23(18(25)26-15(11)8-13)10-12-4-3-5-14(20)16(12)19/h3-8H,9-10,20H2,1-2H3,(H,21,24). The molecule has 3 rings (SSSR count). The number of amides is 3. The van der Waals surface area contributed by atoms with E-state index >= 15 is 0 Å². The second-order valence-electron chi connectivity index (χ2n) is 6.19. The number of halogens is 1. The average Bonchev–Trinajstić information content (AvgIpc) is 2.59. The Morgan fingerprint density at radius 1 is 1.35 bits per heavy atom. The molecule has 1 aliphatic rings. The summed E-state index contributed by atoms with van der Waals surface area (Å²) in [6, 6.07) is 9.46. The second-order valence-corrected chi connectivity index (χ2v) is 6.19. The number of hydrogen-bond acceptors (Lipinski definition) is 4. The monoisotopic (exact) mass is 358 g/mol. The molecule has 0 spiro atoms. The molecular formula is C18H19FN4O3. The Labute approximate surface area is 150 Å². The fourth-order valence-electron chi connectivity index (χ4n) is 2.57. The van der Waals surface area contributed by atoms with Crippen molar-refractivity contribution in [3.8, 4) is 5.75 Å². The summed E-state index contributed by atoms with van der Waals surface area (Å²) in [6.07, 6.45) is -0.588. The van der Waals surface area contributed by atoms with E-state index in [-0.39, 0.29) is 24.8 Å². The summed E-state index contributed by atoms with van der Waals surface area (Å²) >= 11 is 0. The summed E-state index contributed by atoms with van der Waals surface area (Å²) in [6.45, 7) is 0.318. The third-order valence-corrected chi connectivity index (χ3v) is 4.01. The fourth-order valence-corrected chi connectivity index (χ4v) is 2.57. The van der Waals surface area contributed by atoms with E-state index in [2.05, 4.69) is 5.32 Å². The highest BCUT2D eigenvalue weighted by atomic mass is 19.1. The largest absolute Gasteiger partial charge is 0.415 e. The number of fused-ring (bicyclic) bond motifs is 1. The van der Waals surface area contributed by atoms with E-state index < -0.39 is 11.9 Å². The predicted octanol–water partition coefficient (Wildman–Crippen LogP) is 3.02. The third kappa shape index (κ3) is 3.53. The van der Waals surface area contributed by atoms with E-state index in [0.29, 0.717) is 17.0 Å². The van der Waals surface area contributed by atoms with Crippen LogP contribution in [-0.2, 0) is 13.1 Å². The first-order valence-corrected chi connectivity index (χ1v) is 7.96. The number of rotatable bonds is 3. The van der Waals surface area contributed by atoms with E-state index in [0.717, 1.165) is 5.56 Å². The lowest BCUT2D eigenvalue weighted by molar-refractivity contribution is 0.134. The number of hydrogen-bond donors (Lipinski definition) is 2. The van der Waals surface area contributed by atoms with Crippen molar-refractivity contribution < 1.29 is 18.7 Å². The van der Waals surface area contributed by atoms with Crippen molar-refractivity contribution in [2.24, 2.45) is 0 Å². The van der Waals surface area contributed by atoms with E-state index in [1.54, 1.807) is 44.4 Å². The molecule has 1 aliphatic heterocycles.